The minimum atomic E-state index is -4.97. The lowest BCUT2D eigenvalue weighted by Crippen LogP contribution is -2.47. The maximum absolute atomic E-state index is 13.4. The van der Waals surface area contributed by atoms with Gasteiger partial charge in [0.25, 0.3) is 0 Å². The van der Waals surface area contributed by atoms with Gasteiger partial charge in [0.15, 0.2) is 5.11 Å². The average molecular weight is 662 g/mol. The molecule has 4 aromatic rings. The third kappa shape index (κ3) is 8.35. The zero-order valence-electron chi connectivity index (χ0n) is 25.2. The molecule has 0 aliphatic heterocycles. The highest BCUT2D eigenvalue weighted by Crippen LogP contribution is 2.47. The summed E-state index contributed by atoms with van der Waals surface area (Å²) in [5, 5.41) is 8.70. The Morgan fingerprint density at radius 2 is 1.16 bits per heavy atom. The average Bonchev–Trinajstić information content (AvgIpc) is 2.97. The lowest BCUT2D eigenvalue weighted by molar-refractivity contribution is -0.143. The van der Waals surface area contributed by atoms with Crippen LogP contribution in [0.25, 0.3) is 0 Å². The highest BCUT2D eigenvalue weighted by atomic mass is 32.1. The fourth-order valence-corrected chi connectivity index (χ4v) is 8.67. The molecule has 2 N–H and O–H groups in total. The summed E-state index contributed by atoms with van der Waals surface area (Å²) >= 11 is 5.44. The third-order valence-electron chi connectivity index (χ3n) is 7.34. The standard InChI is InChI=1S/C34H34F6N3PS/c1-23-15-17-29(18-16-23)44(27-11-7-5-8-12-27,28-13-9-6-10-14-28)41-22-30(32(2,3)4)43-31(45)42-26-20-24(33(35,36)37)19-25(21-26)34(38,39)40/h5-21,30H,22H2,1-4H3,(H2,42,43,45)/t30-/m1/s1. The quantitative estimate of drug-likeness (QED) is 0.118. The van der Waals surface area contributed by atoms with Gasteiger partial charge in [0.05, 0.1) is 30.8 Å². The maximum atomic E-state index is 13.4. The number of nitrogens with one attached hydrogen (secondary N) is 2. The topological polar surface area (TPSA) is 36.4 Å². The first-order chi connectivity index (χ1) is 21.0. The van der Waals surface area contributed by atoms with Crippen LogP contribution in [0.3, 0.4) is 0 Å². The number of thiocarbonyl (C=S) groups is 1. The summed E-state index contributed by atoms with van der Waals surface area (Å²) in [6, 6.07) is 29.1. The Hall–Kier alpha value is -3.62. The first-order valence-electron chi connectivity index (χ1n) is 14.1. The number of alkyl halides is 6. The molecule has 0 amide bonds. The first kappa shape index (κ1) is 34.3. The number of hydrogen-bond donors (Lipinski definition) is 2. The summed E-state index contributed by atoms with van der Waals surface area (Å²) in [7, 11) is -2.59. The van der Waals surface area contributed by atoms with Crippen molar-refractivity contribution in [1.82, 2.24) is 5.32 Å². The van der Waals surface area contributed by atoms with E-state index in [-0.39, 0.29) is 17.7 Å². The Labute approximate surface area is 265 Å². The summed E-state index contributed by atoms with van der Waals surface area (Å²) in [6.45, 7) is 8.15. The van der Waals surface area contributed by atoms with Gasteiger partial charge in [-0.25, -0.2) is 0 Å². The van der Waals surface area contributed by atoms with Crippen molar-refractivity contribution in [3.05, 3.63) is 120 Å². The summed E-state index contributed by atoms with van der Waals surface area (Å²) < 4.78 is 86.1. The lowest BCUT2D eigenvalue weighted by atomic mass is 9.87. The molecule has 11 heteroatoms. The highest BCUT2D eigenvalue weighted by molar-refractivity contribution is 7.87. The number of halogens is 6. The minimum Gasteiger partial charge on any atom is -0.357 e. The Morgan fingerprint density at radius 1 is 0.711 bits per heavy atom. The van der Waals surface area contributed by atoms with Crippen LogP contribution < -0.4 is 26.5 Å². The molecular weight excluding hydrogens is 627 g/mol. The second-order valence-corrected chi connectivity index (χ2v) is 15.3. The van der Waals surface area contributed by atoms with Crippen LogP contribution in [-0.2, 0) is 12.4 Å². The van der Waals surface area contributed by atoms with Crippen LogP contribution in [0.1, 0.15) is 37.5 Å². The number of nitrogens with zero attached hydrogens (tertiary/aromatic N) is 1. The Bertz CT molecular complexity index is 1590. The van der Waals surface area contributed by atoms with Crippen molar-refractivity contribution < 1.29 is 26.3 Å². The van der Waals surface area contributed by atoms with Gasteiger partial charge in [0.1, 0.15) is 0 Å². The first-order valence-corrected chi connectivity index (χ1v) is 16.3. The van der Waals surface area contributed by atoms with Crippen LogP contribution in [0.5, 0.6) is 0 Å². The van der Waals surface area contributed by atoms with E-state index in [4.69, 9.17) is 17.0 Å². The predicted octanol–water partition coefficient (Wildman–Crippen LogP) is 8.91. The Morgan fingerprint density at radius 3 is 1.58 bits per heavy atom. The largest absolute Gasteiger partial charge is 0.416 e. The summed E-state index contributed by atoms with van der Waals surface area (Å²) in [6.07, 6.45) is -9.95. The van der Waals surface area contributed by atoms with E-state index in [1.54, 1.807) is 0 Å². The molecule has 0 saturated heterocycles. The van der Waals surface area contributed by atoms with Crippen LogP contribution in [0.15, 0.2) is 108 Å². The fourth-order valence-electron chi connectivity index (χ4n) is 4.83. The summed E-state index contributed by atoms with van der Waals surface area (Å²) in [5.74, 6) is 0. The SMILES string of the molecule is Cc1ccc(P(=NC[C@@H](NC(=S)Nc2cc(C(F)(F)F)cc(C(F)(F)F)c2)C(C)(C)C)(c2ccccc2)c2ccccc2)cc1. The van der Waals surface area contributed by atoms with Crippen molar-refractivity contribution >= 4 is 46.0 Å². The monoisotopic (exact) mass is 661 g/mol. The number of benzene rings is 4. The molecule has 0 unspecified atom stereocenters. The molecule has 0 radical (unpaired) electrons. The molecule has 0 fully saturated rings. The fraction of sp³-hybridized carbons (Fsp3) is 0.265. The maximum Gasteiger partial charge on any atom is 0.416 e. The van der Waals surface area contributed by atoms with Gasteiger partial charge >= 0.3 is 12.4 Å². The molecule has 4 rings (SSSR count). The van der Waals surface area contributed by atoms with Gasteiger partial charge in [-0.15, -0.1) is 0 Å². The van der Waals surface area contributed by atoms with Crippen molar-refractivity contribution in [2.24, 2.45) is 10.2 Å². The summed E-state index contributed by atoms with van der Waals surface area (Å²) in [5.41, 5.74) is -2.63. The Kier molecular flexibility index (Phi) is 10.2. The molecule has 0 spiro atoms. The normalized spacial score (nSPS) is 13.2. The van der Waals surface area contributed by atoms with Crippen molar-refractivity contribution in [3.63, 3.8) is 0 Å². The van der Waals surface area contributed by atoms with Gasteiger partial charge in [-0.2, -0.15) is 26.3 Å². The summed E-state index contributed by atoms with van der Waals surface area (Å²) in [4.78, 5) is 0. The molecular formula is C34H34F6N3PS. The number of hydrogen-bond acceptors (Lipinski definition) is 2. The van der Waals surface area contributed by atoms with Crippen LogP contribution in [-0.4, -0.2) is 17.7 Å². The van der Waals surface area contributed by atoms with E-state index in [1.807, 2.05) is 76.2 Å². The minimum absolute atomic E-state index is 0.0834. The van der Waals surface area contributed by atoms with Gasteiger partial charge in [0.2, 0.25) is 0 Å². The van der Waals surface area contributed by atoms with Crippen LogP contribution in [0, 0.1) is 12.3 Å². The lowest BCUT2D eigenvalue weighted by Gasteiger charge is -2.34. The van der Waals surface area contributed by atoms with Gasteiger partial charge in [0, 0.05) is 21.6 Å². The van der Waals surface area contributed by atoms with Crippen LogP contribution in [0.2, 0.25) is 0 Å². The van der Waals surface area contributed by atoms with E-state index in [1.165, 1.54) is 0 Å². The van der Waals surface area contributed by atoms with E-state index in [2.05, 4.69) is 47.0 Å². The molecule has 0 aromatic heterocycles. The predicted molar refractivity (Wildman–Crippen MR) is 176 cm³/mol. The number of rotatable bonds is 7. The molecule has 0 saturated carbocycles. The van der Waals surface area contributed by atoms with Gasteiger partial charge < -0.3 is 10.6 Å². The highest BCUT2D eigenvalue weighted by Gasteiger charge is 2.37. The zero-order valence-corrected chi connectivity index (χ0v) is 26.9. The van der Waals surface area contributed by atoms with Crippen molar-refractivity contribution in [2.75, 3.05) is 11.9 Å². The second kappa shape index (κ2) is 13.4. The van der Waals surface area contributed by atoms with E-state index >= 15 is 0 Å². The molecule has 0 bridgehead atoms. The Balaban J connectivity index is 1.77. The second-order valence-electron chi connectivity index (χ2n) is 11.8. The molecule has 45 heavy (non-hydrogen) atoms. The number of anilines is 1. The smallest absolute Gasteiger partial charge is 0.357 e. The zero-order chi connectivity index (χ0) is 33.0. The molecule has 0 heterocycles. The number of aryl methyl sites for hydroxylation is 1. The van der Waals surface area contributed by atoms with Crippen molar-refractivity contribution in [1.29, 1.82) is 0 Å². The van der Waals surface area contributed by atoms with E-state index in [9.17, 15) is 26.3 Å². The van der Waals surface area contributed by atoms with E-state index in [0.29, 0.717) is 12.1 Å². The van der Waals surface area contributed by atoms with E-state index in [0.717, 1.165) is 21.5 Å². The van der Waals surface area contributed by atoms with Gasteiger partial charge in [-0.3, -0.25) is 4.74 Å². The van der Waals surface area contributed by atoms with Gasteiger partial charge in [-0.05, 0) is 42.8 Å². The van der Waals surface area contributed by atoms with E-state index < -0.39 is 47.7 Å². The molecule has 1 atom stereocenters. The molecule has 4 aromatic carbocycles. The molecule has 0 aliphatic carbocycles. The molecule has 0 aliphatic rings. The van der Waals surface area contributed by atoms with Gasteiger partial charge in [-0.1, -0.05) is 111 Å². The molecule has 3 nitrogen and oxygen atoms in total. The third-order valence-corrected chi connectivity index (χ3v) is 11.3. The van der Waals surface area contributed by atoms with Crippen molar-refractivity contribution in [2.45, 2.75) is 46.1 Å². The van der Waals surface area contributed by atoms with Crippen LogP contribution >= 0.6 is 19.3 Å². The van der Waals surface area contributed by atoms with Crippen LogP contribution in [0.4, 0.5) is 32.0 Å². The molecule has 238 valence electrons. The van der Waals surface area contributed by atoms with Crippen molar-refractivity contribution in [3.8, 4) is 0 Å².